The number of unbranched alkanes of at least 4 members (excludes halogenated alkanes) is 1. The van der Waals surface area contributed by atoms with Gasteiger partial charge in [0.2, 0.25) is 10.0 Å². The van der Waals surface area contributed by atoms with Gasteiger partial charge in [-0.25, -0.2) is 18.1 Å². The predicted molar refractivity (Wildman–Crippen MR) is 65.5 cm³/mol. The van der Waals surface area contributed by atoms with Gasteiger partial charge in [0.05, 0.1) is 6.33 Å². The van der Waals surface area contributed by atoms with Crippen molar-refractivity contribution < 1.29 is 18.3 Å². The number of nitrogens with zero attached hydrogens (tertiary/aromatic N) is 2. The molecule has 0 aliphatic heterocycles. The number of sulfonamides is 1. The average Bonchev–Trinajstić information content (AvgIpc) is 2.80. The molecule has 1 unspecified atom stereocenters. The molecule has 0 saturated carbocycles. The molecule has 1 atom stereocenters. The van der Waals surface area contributed by atoms with Crippen LogP contribution in [0.1, 0.15) is 19.8 Å². The first kappa shape index (κ1) is 14.7. The maximum atomic E-state index is 11.5. The molecule has 0 bridgehead atoms. The molecule has 0 saturated heterocycles. The summed E-state index contributed by atoms with van der Waals surface area (Å²) >= 11 is 0. The molecule has 0 fully saturated rings. The summed E-state index contributed by atoms with van der Waals surface area (Å²) in [6.07, 6.45) is 6.63. The Kier molecular flexibility index (Phi) is 5.29. The molecule has 0 aliphatic rings. The van der Waals surface area contributed by atoms with Crippen LogP contribution in [0.5, 0.6) is 0 Å². The Morgan fingerprint density at radius 3 is 2.78 bits per heavy atom. The van der Waals surface area contributed by atoms with Crippen LogP contribution in [-0.2, 0) is 21.4 Å². The fourth-order valence-electron chi connectivity index (χ4n) is 1.31. The highest BCUT2D eigenvalue weighted by Crippen LogP contribution is 2.00. The molecule has 1 heterocycles. The number of carboxylic acids is 1. The zero-order valence-corrected chi connectivity index (χ0v) is 10.9. The Labute approximate surface area is 106 Å². The van der Waals surface area contributed by atoms with E-state index in [-0.39, 0.29) is 6.54 Å². The minimum atomic E-state index is -3.76. The summed E-state index contributed by atoms with van der Waals surface area (Å²) in [6, 6.07) is 0. The molecule has 18 heavy (non-hydrogen) atoms. The van der Waals surface area contributed by atoms with Crippen LogP contribution in [0.4, 0.5) is 0 Å². The van der Waals surface area contributed by atoms with Crippen molar-refractivity contribution >= 4 is 16.0 Å². The molecule has 8 heteroatoms. The molecule has 0 amide bonds. The van der Waals surface area contributed by atoms with Crippen LogP contribution >= 0.6 is 0 Å². The number of aryl methyl sites for hydroxylation is 1. The molecule has 1 rings (SSSR count). The maximum Gasteiger partial charge on any atom is 0.323 e. The van der Waals surface area contributed by atoms with Gasteiger partial charge in [-0.05, 0) is 19.8 Å². The SMILES string of the molecule is CC(C(=O)O)S(=O)(=O)NCCCCn1ccnc1. The van der Waals surface area contributed by atoms with Gasteiger partial charge in [-0.2, -0.15) is 0 Å². The number of hydrogen-bond acceptors (Lipinski definition) is 4. The number of carbonyl (C=O) groups is 1. The largest absolute Gasteiger partial charge is 0.480 e. The Balaban J connectivity index is 2.23. The van der Waals surface area contributed by atoms with Gasteiger partial charge in [-0.1, -0.05) is 0 Å². The van der Waals surface area contributed by atoms with Crippen LogP contribution in [0.3, 0.4) is 0 Å². The number of hydrogen-bond donors (Lipinski definition) is 2. The Hall–Kier alpha value is -1.41. The first-order valence-corrected chi connectivity index (χ1v) is 7.15. The van der Waals surface area contributed by atoms with E-state index in [1.54, 1.807) is 12.5 Å². The van der Waals surface area contributed by atoms with E-state index in [0.29, 0.717) is 6.42 Å². The highest BCUT2D eigenvalue weighted by Gasteiger charge is 2.26. The Bertz CT molecular complexity index is 469. The minimum Gasteiger partial charge on any atom is -0.480 e. The zero-order valence-electron chi connectivity index (χ0n) is 10.1. The highest BCUT2D eigenvalue weighted by atomic mass is 32.2. The Morgan fingerprint density at radius 2 is 2.22 bits per heavy atom. The fraction of sp³-hybridized carbons (Fsp3) is 0.600. The molecule has 0 aromatic carbocycles. The summed E-state index contributed by atoms with van der Waals surface area (Å²) in [5, 5.41) is 7.19. The van der Waals surface area contributed by atoms with Gasteiger partial charge in [0.1, 0.15) is 0 Å². The molecule has 0 radical (unpaired) electrons. The molecule has 2 N–H and O–H groups in total. The van der Waals surface area contributed by atoms with Gasteiger partial charge in [-0.15, -0.1) is 0 Å². The molecule has 1 aromatic heterocycles. The second kappa shape index (κ2) is 6.50. The third kappa shape index (κ3) is 4.46. The molecule has 0 spiro atoms. The summed E-state index contributed by atoms with van der Waals surface area (Å²) in [6.45, 7) is 2.15. The van der Waals surface area contributed by atoms with Gasteiger partial charge in [-0.3, -0.25) is 4.79 Å². The summed E-state index contributed by atoms with van der Waals surface area (Å²) in [5.74, 6) is -1.35. The van der Waals surface area contributed by atoms with E-state index in [1.165, 1.54) is 0 Å². The molecule has 102 valence electrons. The van der Waals surface area contributed by atoms with Crippen LogP contribution in [0, 0.1) is 0 Å². The summed E-state index contributed by atoms with van der Waals surface area (Å²) in [5.41, 5.74) is 0. The van der Waals surface area contributed by atoms with Crippen molar-refractivity contribution in [2.24, 2.45) is 0 Å². The summed E-state index contributed by atoms with van der Waals surface area (Å²) < 4.78 is 27.1. The summed E-state index contributed by atoms with van der Waals surface area (Å²) in [4.78, 5) is 14.4. The van der Waals surface area contributed by atoms with Gasteiger partial charge in [0, 0.05) is 25.5 Å². The number of aromatic nitrogens is 2. The predicted octanol–water partition coefficient (Wildman–Crippen LogP) is 0.0558. The summed E-state index contributed by atoms with van der Waals surface area (Å²) in [7, 11) is -3.76. The normalized spacial score (nSPS) is 13.4. The lowest BCUT2D eigenvalue weighted by atomic mass is 10.3. The molecular formula is C10H17N3O4S. The van der Waals surface area contributed by atoms with Gasteiger partial charge < -0.3 is 9.67 Å². The van der Waals surface area contributed by atoms with E-state index >= 15 is 0 Å². The van der Waals surface area contributed by atoms with Gasteiger partial charge in [0.15, 0.2) is 5.25 Å². The molecular weight excluding hydrogens is 258 g/mol. The van der Waals surface area contributed by atoms with Gasteiger partial charge in [0.25, 0.3) is 0 Å². The second-order valence-electron chi connectivity index (χ2n) is 3.93. The Morgan fingerprint density at radius 1 is 1.50 bits per heavy atom. The number of nitrogens with one attached hydrogen (secondary N) is 1. The van der Waals surface area contributed by atoms with Crippen molar-refractivity contribution in [1.82, 2.24) is 14.3 Å². The van der Waals surface area contributed by atoms with E-state index in [4.69, 9.17) is 5.11 Å². The molecule has 0 aliphatic carbocycles. The standard InChI is InChI=1S/C10H17N3O4S/c1-9(10(14)15)18(16,17)12-4-2-3-6-13-7-5-11-8-13/h5,7-9,12H,2-4,6H2,1H3,(H,14,15). The molecule has 7 nitrogen and oxygen atoms in total. The van der Waals surface area contributed by atoms with Crippen molar-refractivity contribution in [3.05, 3.63) is 18.7 Å². The van der Waals surface area contributed by atoms with Gasteiger partial charge >= 0.3 is 5.97 Å². The first-order valence-electron chi connectivity index (χ1n) is 5.60. The lowest BCUT2D eigenvalue weighted by Crippen LogP contribution is -2.37. The van der Waals surface area contributed by atoms with Crippen LogP contribution < -0.4 is 4.72 Å². The lowest BCUT2D eigenvalue weighted by molar-refractivity contribution is -0.136. The zero-order chi connectivity index (χ0) is 13.6. The molecule has 1 aromatic rings. The van der Waals surface area contributed by atoms with Crippen LogP contribution in [0.25, 0.3) is 0 Å². The van der Waals surface area contributed by atoms with E-state index in [0.717, 1.165) is 19.9 Å². The third-order valence-corrected chi connectivity index (χ3v) is 4.26. The highest BCUT2D eigenvalue weighted by molar-refractivity contribution is 7.90. The average molecular weight is 275 g/mol. The van der Waals surface area contributed by atoms with Crippen molar-refractivity contribution in [2.75, 3.05) is 6.54 Å². The smallest absolute Gasteiger partial charge is 0.323 e. The minimum absolute atomic E-state index is 0.245. The topological polar surface area (TPSA) is 101 Å². The van der Waals surface area contributed by atoms with Crippen molar-refractivity contribution in [2.45, 2.75) is 31.6 Å². The third-order valence-electron chi connectivity index (χ3n) is 2.52. The monoisotopic (exact) mass is 275 g/mol. The number of carboxylic acid groups (broad SMARTS) is 1. The van der Waals surface area contributed by atoms with Crippen molar-refractivity contribution in [3.8, 4) is 0 Å². The van der Waals surface area contributed by atoms with Crippen LogP contribution in [-0.4, -0.2) is 40.8 Å². The van der Waals surface area contributed by atoms with E-state index in [1.807, 2.05) is 10.8 Å². The van der Waals surface area contributed by atoms with Crippen LogP contribution in [0.2, 0.25) is 0 Å². The van der Waals surface area contributed by atoms with E-state index in [2.05, 4.69) is 9.71 Å². The van der Waals surface area contributed by atoms with Crippen LogP contribution in [0.15, 0.2) is 18.7 Å². The number of aliphatic carboxylic acids is 1. The van der Waals surface area contributed by atoms with Crippen molar-refractivity contribution in [3.63, 3.8) is 0 Å². The number of rotatable bonds is 8. The van der Waals surface area contributed by atoms with E-state index in [9.17, 15) is 13.2 Å². The fourth-order valence-corrected chi connectivity index (χ4v) is 2.25. The first-order chi connectivity index (χ1) is 8.43. The maximum absolute atomic E-state index is 11.5. The number of imidazole rings is 1. The van der Waals surface area contributed by atoms with Crippen molar-refractivity contribution in [1.29, 1.82) is 0 Å². The second-order valence-corrected chi connectivity index (χ2v) is 6.01. The van der Waals surface area contributed by atoms with E-state index < -0.39 is 21.2 Å². The lowest BCUT2D eigenvalue weighted by Gasteiger charge is -2.09. The quantitative estimate of drug-likeness (QED) is 0.653.